The van der Waals surface area contributed by atoms with Gasteiger partial charge in [-0.15, -0.1) is 0 Å². The molecule has 0 saturated heterocycles. The first-order valence-electron chi connectivity index (χ1n) is 5.76. The standard InChI is InChI=1S/C12H17N3OS/c1-17-10-4-2-3-9(10)15-12(16)8-5-6-11(13)14-7-8/h5-7,9-10H,2-4H2,1H3,(H2,13,14)(H,15,16). The van der Waals surface area contributed by atoms with Crippen molar-refractivity contribution in [1.29, 1.82) is 0 Å². The summed E-state index contributed by atoms with van der Waals surface area (Å²) in [6.45, 7) is 0. The van der Waals surface area contributed by atoms with Gasteiger partial charge in [0.1, 0.15) is 5.82 Å². The molecule has 1 aliphatic rings. The molecule has 1 heterocycles. The van der Waals surface area contributed by atoms with Crippen LogP contribution in [0.1, 0.15) is 29.6 Å². The lowest BCUT2D eigenvalue weighted by Gasteiger charge is -2.19. The topological polar surface area (TPSA) is 68.0 Å². The second-order valence-electron chi connectivity index (χ2n) is 4.26. The number of nitrogens with zero attached hydrogens (tertiary/aromatic N) is 1. The average molecular weight is 251 g/mol. The van der Waals surface area contributed by atoms with Crippen LogP contribution in [-0.4, -0.2) is 28.4 Å². The number of anilines is 1. The molecular formula is C12H17N3OS. The number of nitrogens with two attached hydrogens (primary N) is 1. The van der Waals surface area contributed by atoms with Gasteiger partial charge in [0.15, 0.2) is 0 Å². The number of rotatable bonds is 3. The molecule has 3 N–H and O–H groups in total. The number of carbonyl (C=O) groups is 1. The number of carbonyl (C=O) groups excluding carboxylic acids is 1. The van der Waals surface area contributed by atoms with E-state index < -0.39 is 0 Å². The molecule has 0 spiro atoms. The Kier molecular flexibility index (Phi) is 3.89. The summed E-state index contributed by atoms with van der Waals surface area (Å²) in [6, 6.07) is 3.64. The third-order valence-corrected chi connectivity index (χ3v) is 4.29. The predicted molar refractivity (Wildman–Crippen MR) is 71.1 cm³/mol. The summed E-state index contributed by atoms with van der Waals surface area (Å²) in [5.74, 6) is 0.382. The van der Waals surface area contributed by atoms with E-state index in [1.807, 2.05) is 11.8 Å². The first-order chi connectivity index (χ1) is 8.20. The SMILES string of the molecule is CSC1CCCC1NC(=O)c1ccc(N)nc1. The lowest BCUT2D eigenvalue weighted by molar-refractivity contribution is 0.0938. The van der Waals surface area contributed by atoms with E-state index >= 15 is 0 Å². The molecule has 1 saturated carbocycles. The molecule has 0 bridgehead atoms. The van der Waals surface area contributed by atoms with Gasteiger partial charge in [-0.05, 0) is 31.2 Å². The maximum atomic E-state index is 12.0. The van der Waals surface area contributed by atoms with E-state index in [0.29, 0.717) is 16.6 Å². The van der Waals surface area contributed by atoms with Crippen molar-refractivity contribution in [2.24, 2.45) is 0 Å². The minimum absolute atomic E-state index is 0.0524. The Morgan fingerprint density at radius 1 is 1.53 bits per heavy atom. The zero-order valence-electron chi connectivity index (χ0n) is 9.85. The van der Waals surface area contributed by atoms with Crippen molar-refractivity contribution in [2.75, 3.05) is 12.0 Å². The summed E-state index contributed by atoms with van der Waals surface area (Å²) in [4.78, 5) is 15.9. The number of aromatic nitrogens is 1. The van der Waals surface area contributed by atoms with Crippen molar-refractivity contribution in [3.05, 3.63) is 23.9 Å². The van der Waals surface area contributed by atoms with Crippen LogP contribution in [-0.2, 0) is 0 Å². The summed E-state index contributed by atoms with van der Waals surface area (Å²) < 4.78 is 0. The lowest BCUT2D eigenvalue weighted by atomic mass is 10.2. The number of amides is 1. The van der Waals surface area contributed by atoms with Gasteiger partial charge in [0.25, 0.3) is 5.91 Å². The molecule has 2 atom stereocenters. The van der Waals surface area contributed by atoms with Crippen LogP contribution in [0.15, 0.2) is 18.3 Å². The van der Waals surface area contributed by atoms with Gasteiger partial charge < -0.3 is 11.1 Å². The number of hydrogen-bond donors (Lipinski definition) is 2. The Bertz CT molecular complexity index is 393. The lowest BCUT2D eigenvalue weighted by Crippen LogP contribution is -2.38. The van der Waals surface area contributed by atoms with E-state index in [2.05, 4.69) is 16.6 Å². The van der Waals surface area contributed by atoms with Gasteiger partial charge in [0.2, 0.25) is 0 Å². The molecule has 17 heavy (non-hydrogen) atoms. The molecule has 1 aliphatic carbocycles. The molecule has 0 aromatic carbocycles. The zero-order chi connectivity index (χ0) is 12.3. The molecule has 4 nitrogen and oxygen atoms in total. The van der Waals surface area contributed by atoms with Gasteiger partial charge in [-0.1, -0.05) is 6.42 Å². The summed E-state index contributed by atoms with van der Waals surface area (Å²) in [7, 11) is 0. The average Bonchev–Trinajstić information content (AvgIpc) is 2.77. The van der Waals surface area contributed by atoms with Crippen LogP contribution in [0.2, 0.25) is 0 Å². The van der Waals surface area contributed by atoms with Gasteiger partial charge in [-0.3, -0.25) is 4.79 Å². The summed E-state index contributed by atoms with van der Waals surface area (Å²) >= 11 is 1.83. The van der Waals surface area contributed by atoms with Crippen molar-refractivity contribution in [1.82, 2.24) is 10.3 Å². The van der Waals surface area contributed by atoms with Gasteiger partial charge in [0.05, 0.1) is 5.56 Å². The van der Waals surface area contributed by atoms with Crippen LogP contribution < -0.4 is 11.1 Å². The maximum absolute atomic E-state index is 12.0. The fourth-order valence-corrected chi connectivity index (χ4v) is 3.10. The Labute approximate surface area is 105 Å². The van der Waals surface area contributed by atoms with Gasteiger partial charge in [-0.25, -0.2) is 4.98 Å². The summed E-state index contributed by atoms with van der Waals surface area (Å²) in [5.41, 5.74) is 6.06. The number of nitrogens with one attached hydrogen (secondary N) is 1. The number of pyridine rings is 1. The highest BCUT2D eigenvalue weighted by molar-refractivity contribution is 7.99. The van der Waals surface area contributed by atoms with Crippen molar-refractivity contribution >= 4 is 23.5 Å². The molecule has 0 aliphatic heterocycles. The minimum Gasteiger partial charge on any atom is -0.384 e. The molecule has 0 radical (unpaired) electrons. The van der Waals surface area contributed by atoms with Gasteiger partial charge in [0, 0.05) is 17.5 Å². The molecule has 1 fully saturated rings. The van der Waals surface area contributed by atoms with Crippen molar-refractivity contribution in [3.8, 4) is 0 Å². The number of thioether (sulfide) groups is 1. The molecule has 92 valence electrons. The molecule has 2 unspecified atom stereocenters. The monoisotopic (exact) mass is 251 g/mol. The van der Waals surface area contributed by atoms with Crippen LogP contribution in [0.4, 0.5) is 5.82 Å². The zero-order valence-corrected chi connectivity index (χ0v) is 10.7. The fourth-order valence-electron chi connectivity index (χ4n) is 2.16. The van der Waals surface area contributed by atoms with Crippen LogP contribution in [0.5, 0.6) is 0 Å². The third-order valence-electron chi connectivity index (χ3n) is 3.12. The molecular weight excluding hydrogens is 234 g/mol. The first kappa shape index (κ1) is 12.2. The maximum Gasteiger partial charge on any atom is 0.253 e. The van der Waals surface area contributed by atoms with E-state index in [1.54, 1.807) is 12.1 Å². The van der Waals surface area contributed by atoms with Crippen molar-refractivity contribution in [2.45, 2.75) is 30.6 Å². The number of nitrogen functional groups attached to an aromatic ring is 1. The van der Waals surface area contributed by atoms with Crippen LogP contribution in [0, 0.1) is 0 Å². The smallest absolute Gasteiger partial charge is 0.253 e. The van der Waals surface area contributed by atoms with Crippen molar-refractivity contribution in [3.63, 3.8) is 0 Å². The van der Waals surface area contributed by atoms with E-state index in [0.717, 1.165) is 6.42 Å². The van der Waals surface area contributed by atoms with Gasteiger partial charge in [-0.2, -0.15) is 11.8 Å². The minimum atomic E-state index is -0.0524. The first-order valence-corrected chi connectivity index (χ1v) is 7.04. The molecule has 1 aromatic rings. The highest BCUT2D eigenvalue weighted by atomic mass is 32.2. The van der Waals surface area contributed by atoms with Crippen LogP contribution in [0.3, 0.4) is 0 Å². The second kappa shape index (κ2) is 5.40. The summed E-state index contributed by atoms with van der Waals surface area (Å²) in [5, 5.41) is 3.62. The largest absolute Gasteiger partial charge is 0.384 e. The predicted octanol–water partition coefficient (Wildman–Crippen LogP) is 1.68. The molecule has 2 rings (SSSR count). The second-order valence-corrected chi connectivity index (χ2v) is 5.33. The Morgan fingerprint density at radius 2 is 2.35 bits per heavy atom. The molecule has 5 heteroatoms. The molecule has 1 amide bonds. The van der Waals surface area contributed by atoms with Crippen molar-refractivity contribution < 1.29 is 4.79 Å². The normalized spacial score (nSPS) is 23.6. The summed E-state index contributed by atoms with van der Waals surface area (Å²) in [6.07, 6.45) is 7.07. The molecule has 1 aromatic heterocycles. The quantitative estimate of drug-likeness (QED) is 0.857. The van der Waals surface area contributed by atoms with E-state index in [1.165, 1.54) is 19.0 Å². The van der Waals surface area contributed by atoms with E-state index in [4.69, 9.17) is 5.73 Å². The Hall–Kier alpha value is -1.23. The van der Waals surface area contributed by atoms with E-state index in [9.17, 15) is 4.79 Å². The third kappa shape index (κ3) is 2.91. The van der Waals surface area contributed by atoms with Crippen LogP contribution >= 0.6 is 11.8 Å². The fraction of sp³-hybridized carbons (Fsp3) is 0.500. The highest BCUT2D eigenvalue weighted by Gasteiger charge is 2.27. The highest BCUT2D eigenvalue weighted by Crippen LogP contribution is 2.28. The Morgan fingerprint density at radius 3 is 3.00 bits per heavy atom. The van der Waals surface area contributed by atoms with Gasteiger partial charge >= 0.3 is 0 Å². The van der Waals surface area contributed by atoms with E-state index in [-0.39, 0.29) is 11.9 Å². The number of hydrogen-bond acceptors (Lipinski definition) is 4. The van der Waals surface area contributed by atoms with Crippen LogP contribution in [0.25, 0.3) is 0 Å². The Balaban J connectivity index is 1.99.